The number of thioether (sulfide) groups is 1. The van der Waals surface area contributed by atoms with Crippen LogP contribution in [0.1, 0.15) is 64.6 Å². The summed E-state index contributed by atoms with van der Waals surface area (Å²) in [7, 11) is 0. The first-order valence-corrected chi connectivity index (χ1v) is 16.8. The Morgan fingerprint density at radius 2 is 1.82 bits per heavy atom. The van der Waals surface area contributed by atoms with Crippen molar-refractivity contribution in [2.24, 2.45) is 0 Å². The van der Waals surface area contributed by atoms with Gasteiger partial charge >= 0.3 is 5.97 Å². The summed E-state index contributed by atoms with van der Waals surface area (Å²) < 4.78 is 2.02. The third-order valence-electron chi connectivity index (χ3n) is 7.03. The van der Waals surface area contributed by atoms with Crippen molar-refractivity contribution in [1.82, 2.24) is 14.9 Å². The Bertz CT molecular complexity index is 1580. The van der Waals surface area contributed by atoms with Crippen LogP contribution < -0.4 is 5.32 Å². The fourth-order valence-electron chi connectivity index (χ4n) is 4.77. The standard InChI is InChI=1S/C34H36ClN3O4S2/c1-3-4-12-31-37-32(35)30(38(31)21-25-13-15-26(16-14-25)34(41)42)20-27(19-29-11-8-17-43-29)33(40)36-28(22-44-23(2)39)18-24-9-6-5-7-10-24/h5-11,13-17,20,28H,3-4,12,18-19,21-22H2,1-2H3,(H,36,40)(H,41,42)/b27-20+/t28-/m1/s1. The number of hydrogen-bond acceptors (Lipinski definition) is 6. The SMILES string of the molecule is CCCCc1nc(Cl)c(/C=C(\Cc2cccs2)C(=O)N[C@@H](CSC(C)=O)Cc2ccccc2)n1Cc1ccc(C(=O)O)cc1. The second-order valence-electron chi connectivity index (χ2n) is 10.5. The Hall–Kier alpha value is -3.66. The van der Waals surface area contributed by atoms with Crippen LogP contribution in [0, 0.1) is 0 Å². The molecule has 0 radical (unpaired) electrons. The molecule has 4 rings (SSSR count). The highest BCUT2D eigenvalue weighted by molar-refractivity contribution is 8.13. The van der Waals surface area contributed by atoms with Gasteiger partial charge in [0.2, 0.25) is 5.91 Å². The summed E-state index contributed by atoms with van der Waals surface area (Å²) in [6.07, 6.45) is 5.43. The monoisotopic (exact) mass is 649 g/mol. The van der Waals surface area contributed by atoms with Crippen LogP contribution in [0.15, 0.2) is 77.7 Å². The first-order valence-electron chi connectivity index (χ1n) is 14.5. The molecule has 0 aliphatic heterocycles. The minimum Gasteiger partial charge on any atom is -0.478 e. The highest BCUT2D eigenvalue weighted by Gasteiger charge is 2.21. The van der Waals surface area contributed by atoms with Gasteiger partial charge in [-0.05, 0) is 53.6 Å². The normalized spacial score (nSPS) is 12.2. The van der Waals surface area contributed by atoms with Crippen molar-refractivity contribution in [2.75, 3.05) is 5.75 Å². The first kappa shape index (κ1) is 33.2. The van der Waals surface area contributed by atoms with Crippen LogP contribution in [0.2, 0.25) is 5.15 Å². The van der Waals surface area contributed by atoms with Crippen LogP contribution in [0.25, 0.3) is 6.08 Å². The number of carboxylic acids is 1. The van der Waals surface area contributed by atoms with E-state index in [1.165, 1.54) is 18.7 Å². The molecular formula is C34H36ClN3O4S2. The molecule has 44 heavy (non-hydrogen) atoms. The molecule has 2 aromatic carbocycles. The van der Waals surface area contributed by atoms with E-state index in [4.69, 9.17) is 11.6 Å². The number of benzene rings is 2. The number of nitrogens with zero attached hydrogens (tertiary/aromatic N) is 2. The molecule has 10 heteroatoms. The number of amides is 1. The third-order valence-corrected chi connectivity index (χ3v) is 9.16. The van der Waals surface area contributed by atoms with Crippen molar-refractivity contribution < 1.29 is 19.5 Å². The molecule has 0 unspecified atom stereocenters. The molecule has 2 aromatic heterocycles. The Kier molecular flexibility index (Phi) is 12.4. The molecule has 0 aliphatic carbocycles. The van der Waals surface area contributed by atoms with Crippen LogP contribution in [-0.4, -0.2) is 43.4 Å². The Labute approximate surface area is 271 Å². The van der Waals surface area contributed by atoms with Crippen molar-refractivity contribution in [3.63, 3.8) is 0 Å². The maximum Gasteiger partial charge on any atom is 0.335 e. The fraction of sp³-hybridized carbons (Fsp3) is 0.294. The minimum atomic E-state index is -0.981. The molecule has 1 amide bonds. The maximum atomic E-state index is 14.0. The topological polar surface area (TPSA) is 101 Å². The third kappa shape index (κ3) is 9.67. The summed E-state index contributed by atoms with van der Waals surface area (Å²) in [4.78, 5) is 42.9. The number of aromatic carboxylic acids is 1. The highest BCUT2D eigenvalue weighted by Crippen LogP contribution is 2.26. The van der Waals surface area contributed by atoms with Gasteiger partial charge in [0, 0.05) is 48.6 Å². The smallest absolute Gasteiger partial charge is 0.335 e. The second-order valence-corrected chi connectivity index (χ2v) is 13.1. The minimum absolute atomic E-state index is 0.00154. The van der Waals surface area contributed by atoms with E-state index < -0.39 is 5.97 Å². The van der Waals surface area contributed by atoms with Gasteiger partial charge in [-0.25, -0.2) is 9.78 Å². The molecule has 0 aliphatic rings. The number of hydrogen-bond donors (Lipinski definition) is 2. The molecule has 4 aromatic rings. The van der Waals surface area contributed by atoms with E-state index in [1.54, 1.807) is 35.6 Å². The lowest BCUT2D eigenvalue weighted by Crippen LogP contribution is -2.39. The van der Waals surface area contributed by atoms with Crippen molar-refractivity contribution in [3.05, 3.63) is 116 Å². The van der Waals surface area contributed by atoms with Crippen LogP contribution in [0.5, 0.6) is 0 Å². The number of nitrogens with one attached hydrogen (secondary N) is 1. The number of aryl methyl sites for hydroxylation is 1. The predicted octanol–water partition coefficient (Wildman–Crippen LogP) is 7.32. The van der Waals surface area contributed by atoms with E-state index >= 15 is 0 Å². The number of aromatic nitrogens is 2. The van der Waals surface area contributed by atoms with E-state index in [2.05, 4.69) is 17.2 Å². The van der Waals surface area contributed by atoms with E-state index in [-0.39, 0.29) is 22.6 Å². The highest BCUT2D eigenvalue weighted by atomic mass is 35.5. The van der Waals surface area contributed by atoms with Gasteiger partial charge < -0.3 is 15.0 Å². The number of halogens is 1. The second kappa shape index (κ2) is 16.4. The zero-order valence-electron chi connectivity index (χ0n) is 24.8. The number of carboxylic acid groups (broad SMARTS) is 1. The zero-order chi connectivity index (χ0) is 31.5. The van der Waals surface area contributed by atoms with Crippen molar-refractivity contribution in [3.8, 4) is 0 Å². The van der Waals surface area contributed by atoms with E-state index in [0.29, 0.717) is 48.0 Å². The van der Waals surface area contributed by atoms with Crippen LogP contribution in [0.3, 0.4) is 0 Å². The van der Waals surface area contributed by atoms with Gasteiger partial charge in [-0.15, -0.1) is 11.3 Å². The number of rotatable bonds is 15. The maximum absolute atomic E-state index is 14.0. The molecule has 2 heterocycles. The van der Waals surface area contributed by atoms with Gasteiger partial charge in [-0.3, -0.25) is 9.59 Å². The molecule has 0 saturated carbocycles. The molecule has 1 atom stereocenters. The van der Waals surface area contributed by atoms with Gasteiger partial charge in [-0.1, -0.05) is 85.2 Å². The van der Waals surface area contributed by atoms with Crippen molar-refractivity contribution >= 4 is 57.8 Å². The van der Waals surface area contributed by atoms with Gasteiger partial charge in [0.1, 0.15) is 5.82 Å². The molecule has 0 bridgehead atoms. The largest absolute Gasteiger partial charge is 0.478 e. The van der Waals surface area contributed by atoms with Gasteiger partial charge in [0.15, 0.2) is 10.3 Å². The average Bonchev–Trinajstić information content (AvgIpc) is 3.62. The lowest BCUT2D eigenvalue weighted by atomic mass is 10.0. The Morgan fingerprint density at radius 3 is 2.45 bits per heavy atom. The molecule has 7 nitrogen and oxygen atoms in total. The first-order chi connectivity index (χ1) is 21.2. The van der Waals surface area contributed by atoms with Crippen molar-refractivity contribution in [1.29, 1.82) is 0 Å². The van der Waals surface area contributed by atoms with Crippen molar-refractivity contribution in [2.45, 2.75) is 58.5 Å². The molecule has 0 fully saturated rings. The summed E-state index contributed by atoms with van der Waals surface area (Å²) in [6.45, 7) is 4.06. The average molecular weight is 650 g/mol. The van der Waals surface area contributed by atoms with E-state index in [1.807, 2.05) is 58.5 Å². The number of unbranched alkanes of at least 4 members (excludes halogenated alkanes) is 1. The predicted molar refractivity (Wildman–Crippen MR) is 180 cm³/mol. The summed E-state index contributed by atoms with van der Waals surface area (Å²) in [5.41, 5.74) is 3.34. The Balaban J connectivity index is 1.70. The van der Waals surface area contributed by atoms with Crippen LogP contribution >= 0.6 is 34.7 Å². The lowest BCUT2D eigenvalue weighted by molar-refractivity contribution is -0.118. The molecule has 0 spiro atoms. The van der Waals surface area contributed by atoms with Gasteiger partial charge in [0.25, 0.3) is 0 Å². The number of thiophene rings is 1. The molecular weight excluding hydrogens is 614 g/mol. The summed E-state index contributed by atoms with van der Waals surface area (Å²) in [5, 5.41) is 14.8. The quantitative estimate of drug-likeness (QED) is 0.131. The lowest BCUT2D eigenvalue weighted by Gasteiger charge is -2.20. The van der Waals surface area contributed by atoms with Gasteiger partial charge in [0.05, 0.1) is 11.3 Å². The van der Waals surface area contributed by atoms with Crippen LogP contribution in [0.4, 0.5) is 0 Å². The molecule has 0 saturated heterocycles. The number of imidazole rings is 1. The van der Waals surface area contributed by atoms with E-state index in [0.717, 1.165) is 34.7 Å². The summed E-state index contributed by atoms with van der Waals surface area (Å²) in [6, 6.07) is 20.3. The summed E-state index contributed by atoms with van der Waals surface area (Å²) in [5.74, 6) is 0.0503. The van der Waals surface area contributed by atoms with Gasteiger partial charge in [-0.2, -0.15) is 0 Å². The van der Waals surface area contributed by atoms with E-state index in [9.17, 15) is 19.5 Å². The molecule has 2 N–H and O–H groups in total. The molecule has 230 valence electrons. The Morgan fingerprint density at radius 1 is 1.07 bits per heavy atom. The summed E-state index contributed by atoms with van der Waals surface area (Å²) >= 11 is 9.54. The fourth-order valence-corrected chi connectivity index (χ4v) is 6.38. The van der Waals surface area contributed by atoms with Crippen LogP contribution in [-0.2, 0) is 35.4 Å². The number of carbonyl (C=O) groups excluding carboxylic acids is 2. The zero-order valence-corrected chi connectivity index (χ0v) is 27.2. The number of carbonyl (C=O) groups is 3.